The Balaban J connectivity index is 1.74. The summed E-state index contributed by atoms with van der Waals surface area (Å²) in [5.74, 6) is -7.63. The van der Waals surface area contributed by atoms with Crippen molar-refractivity contribution < 1.29 is 58.2 Å². The zero-order valence-corrected chi connectivity index (χ0v) is 41.2. The van der Waals surface area contributed by atoms with Crippen LogP contribution in [0, 0.1) is 29.6 Å². The van der Waals surface area contributed by atoms with Gasteiger partial charge in [0, 0.05) is 52.0 Å². The molecule has 0 spiro atoms. The Kier molecular flexibility index (Phi) is 22.5. The summed E-state index contributed by atoms with van der Waals surface area (Å²) in [6, 6.07) is -1.14. The molecule has 370 valence electrons. The highest BCUT2D eigenvalue weighted by Crippen LogP contribution is 2.39. The Hall–Kier alpha value is -2.78. The second kappa shape index (κ2) is 26.7. The van der Waals surface area contributed by atoms with Crippen LogP contribution in [-0.2, 0) is 42.9 Å². The van der Waals surface area contributed by atoms with Crippen LogP contribution in [0.1, 0.15) is 157 Å². The highest BCUT2D eigenvalue weighted by molar-refractivity contribution is 6.39. The number of fused-ring (bicyclic) bond motifs is 3. The fourth-order valence-electron chi connectivity index (χ4n) is 10.6. The van der Waals surface area contributed by atoms with Gasteiger partial charge in [0.2, 0.25) is 5.79 Å². The van der Waals surface area contributed by atoms with E-state index >= 15 is 0 Å². The smallest absolute Gasteiger partial charge is 0.329 e. The molecule has 3 N–H and O–H groups in total. The molecule has 1 aliphatic carbocycles. The number of esters is 1. The van der Waals surface area contributed by atoms with E-state index in [4.69, 9.17) is 23.7 Å². The molecule has 3 aliphatic heterocycles. The number of amides is 1. The Bertz CT molecular complexity index is 1630. The lowest BCUT2D eigenvalue weighted by atomic mass is 9.81. The van der Waals surface area contributed by atoms with Crippen molar-refractivity contribution in [1.29, 1.82) is 0 Å². The van der Waals surface area contributed by atoms with Gasteiger partial charge in [-0.1, -0.05) is 89.7 Å². The number of ether oxygens (including phenoxy) is 5. The van der Waals surface area contributed by atoms with Crippen LogP contribution in [-0.4, -0.2) is 126 Å². The van der Waals surface area contributed by atoms with Gasteiger partial charge in [0.1, 0.15) is 24.0 Å². The van der Waals surface area contributed by atoms with E-state index in [0.717, 1.165) is 18.4 Å². The number of aliphatic hydroxyl groups excluding tert-OH is 2. The molecule has 0 aromatic rings. The van der Waals surface area contributed by atoms with E-state index in [1.165, 1.54) is 37.0 Å². The average molecular weight is 916 g/mol. The van der Waals surface area contributed by atoms with E-state index in [-0.39, 0.29) is 49.5 Å². The lowest BCUT2D eigenvalue weighted by Crippen LogP contribution is -2.64. The molecule has 0 aromatic heterocycles. The lowest BCUT2D eigenvalue weighted by Gasteiger charge is -2.47. The Morgan fingerprint density at radius 2 is 1.52 bits per heavy atom. The monoisotopic (exact) mass is 916 g/mol. The summed E-state index contributed by atoms with van der Waals surface area (Å²) in [6.45, 7) is 11.6. The summed E-state index contributed by atoms with van der Waals surface area (Å²) >= 11 is 0. The van der Waals surface area contributed by atoms with Crippen molar-refractivity contribution in [1.82, 2.24) is 4.90 Å². The van der Waals surface area contributed by atoms with Crippen LogP contribution in [0.3, 0.4) is 0 Å². The summed E-state index contributed by atoms with van der Waals surface area (Å²) in [7, 11) is 4.66. The standard InChI is InChI=1S/C52H85NO12/c1-10-11-12-13-14-15-16-17-18-21-39-27-33(2)26-34(3)28-45(62-8)48-46(63-9)30-36(5)52(60,65-48)49(57)50(58)53-25-20-19-22-40(53)51(59)64-47(37(6)42(55)32-43(39)56)35(4)29-38-23-24-41(54)44(31-38)61-7/h17-18,27,29,34,36-42,44-48,54-55,60H,10-16,19-26,28,30-32H2,1-9H3/b18-17+,33-27+,35-29+/t34-,36+,37+,38-,39+,40-,41+,42-,44+,45-,46-,47+,48+,52+/m0/s1. The molecule has 65 heavy (non-hydrogen) atoms. The van der Waals surface area contributed by atoms with Crippen molar-refractivity contribution >= 4 is 23.4 Å². The number of hydrogen-bond acceptors (Lipinski definition) is 12. The molecule has 2 bridgehead atoms. The zero-order chi connectivity index (χ0) is 47.8. The van der Waals surface area contributed by atoms with Gasteiger partial charge in [-0.3, -0.25) is 14.4 Å². The maximum absolute atomic E-state index is 14.5. The number of cyclic esters (lactones) is 1. The summed E-state index contributed by atoms with van der Waals surface area (Å²) in [5, 5.41) is 34.6. The second-order valence-electron chi connectivity index (χ2n) is 20.0. The van der Waals surface area contributed by atoms with Crippen molar-refractivity contribution in [3.63, 3.8) is 0 Å². The minimum atomic E-state index is -2.51. The summed E-state index contributed by atoms with van der Waals surface area (Å²) < 4.78 is 30.1. The number of piperidine rings is 1. The number of unbranched alkanes of at least 4 members (excludes halogenated alkanes) is 6. The van der Waals surface area contributed by atoms with Crippen LogP contribution in [0.15, 0.2) is 35.5 Å². The van der Waals surface area contributed by atoms with Gasteiger partial charge in [-0.2, -0.15) is 0 Å². The van der Waals surface area contributed by atoms with Crippen LogP contribution < -0.4 is 0 Å². The van der Waals surface area contributed by atoms with Gasteiger partial charge in [0.15, 0.2) is 0 Å². The SMILES string of the molecule is CCCCCCCC/C=C/C[C@@H]1/C=C(\C)C[C@H](C)C[C@H](OC)[C@H]2O[C@@](O)(C(=O)C(=O)N3CCCC[C@H]3C(=O)O[C@H](/C(C)=C/[C@@H]3CC[C@@H](O)[C@H](OC)C3)[C@H](C)[C@@H](O)CC1=O)[C@H](C)C[C@@H]2OC. The number of carbonyl (C=O) groups excluding carboxylic acids is 4. The van der Waals surface area contributed by atoms with Crippen molar-refractivity contribution in [3.8, 4) is 0 Å². The third-order valence-corrected chi connectivity index (χ3v) is 14.7. The van der Waals surface area contributed by atoms with Gasteiger partial charge >= 0.3 is 5.97 Å². The Labute approximate surface area is 390 Å². The van der Waals surface area contributed by atoms with E-state index in [2.05, 4.69) is 26.0 Å². The predicted molar refractivity (Wildman–Crippen MR) is 250 cm³/mol. The molecule has 0 unspecified atom stereocenters. The molecule has 13 nitrogen and oxygen atoms in total. The number of Topliss-reactive ketones (excluding diaryl/α,β-unsaturated/α-hetero) is 2. The largest absolute Gasteiger partial charge is 0.456 e. The number of aliphatic hydroxyl groups is 3. The van der Waals surface area contributed by atoms with Gasteiger partial charge < -0.3 is 43.9 Å². The number of rotatable bonds is 14. The fourth-order valence-corrected chi connectivity index (χ4v) is 10.6. The van der Waals surface area contributed by atoms with Crippen LogP contribution in [0.5, 0.6) is 0 Å². The van der Waals surface area contributed by atoms with E-state index in [9.17, 15) is 34.5 Å². The van der Waals surface area contributed by atoms with Gasteiger partial charge in [-0.25, -0.2) is 4.79 Å². The highest BCUT2D eigenvalue weighted by atomic mass is 16.7. The minimum absolute atomic E-state index is 0.0102. The third kappa shape index (κ3) is 15.1. The maximum Gasteiger partial charge on any atom is 0.329 e. The minimum Gasteiger partial charge on any atom is -0.456 e. The highest BCUT2D eigenvalue weighted by Gasteiger charge is 2.56. The number of hydrogen-bond donors (Lipinski definition) is 3. The molecule has 4 rings (SSSR count). The molecule has 13 heteroatoms. The van der Waals surface area contributed by atoms with E-state index in [0.29, 0.717) is 56.9 Å². The summed E-state index contributed by atoms with van der Waals surface area (Å²) in [4.78, 5) is 58.8. The molecule has 2 saturated heterocycles. The second-order valence-corrected chi connectivity index (χ2v) is 20.0. The molecule has 0 aromatic carbocycles. The maximum atomic E-state index is 14.5. The Morgan fingerprint density at radius 1 is 0.846 bits per heavy atom. The van der Waals surface area contributed by atoms with Crippen LogP contribution >= 0.6 is 0 Å². The summed E-state index contributed by atoms with van der Waals surface area (Å²) in [5.41, 5.74) is 1.66. The van der Waals surface area contributed by atoms with Crippen molar-refractivity contribution in [2.75, 3.05) is 27.9 Å². The molecular weight excluding hydrogens is 831 g/mol. The quantitative estimate of drug-likeness (QED) is 0.0669. The molecule has 4 aliphatic rings. The Morgan fingerprint density at radius 3 is 2.22 bits per heavy atom. The van der Waals surface area contributed by atoms with Crippen molar-refractivity contribution in [2.45, 2.75) is 212 Å². The number of carbonyl (C=O) groups is 4. The van der Waals surface area contributed by atoms with E-state index < -0.39 is 83.9 Å². The molecule has 1 saturated carbocycles. The molecule has 3 fully saturated rings. The van der Waals surface area contributed by atoms with Crippen LogP contribution in [0.2, 0.25) is 0 Å². The normalized spacial score (nSPS) is 37.6. The first kappa shape index (κ1) is 54.8. The molecule has 0 radical (unpaired) electrons. The zero-order valence-electron chi connectivity index (χ0n) is 41.2. The van der Waals surface area contributed by atoms with Crippen molar-refractivity contribution in [3.05, 3.63) is 35.5 Å². The van der Waals surface area contributed by atoms with Crippen molar-refractivity contribution in [2.24, 2.45) is 29.6 Å². The first-order chi connectivity index (χ1) is 31.0. The van der Waals surface area contributed by atoms with E-state index in [1.807, 2.05) is 26.0 Å². The first-order valence-electron chi connectivity index (χ1n) is 24.9. The van der Waals surface area contributed by atoms with Crippen LogP contribution in [0.4, 0.5) is 0 Å². The summed E-state index contributed by atoms with van der Waals surface area (Å²) in [6.07, 6.45) is 15.9. The molecular formula is C52H85NO12. The van der Waals surface area contributed by atoms with E-state index in [1.54, 1.807) is 35.2 Å². The van der Waals surface area contributed by atoms with Crippen LogP contribution in [0.25, 0.3) is 0 Å². The number of allylic oxidation sites excluding steroid dienone is 5. The number of ketones is 2. The molecule has 1 amide bonds. The topological polar surface area (TPSA) is 178 Å². The average Bonchev–Trinajstić information content (AvgIpc) is 3.29. The van der Waals surface area contributed by atoms with Gasteiger partial charge in [-0.05, 0) is 108 Å². The lowest BCUT2D eigenvalue weighted by molar-refractivity contribution is -0.302. The number of nitrogens with zero attached hydrogens (tertiary/aromatic N) is 1. The van der Waals surface area contributed by atoms with Gasteiger partial charge in [0.25, 0.3) is 11.7 Å². The first-order valence-corrected chi connectivity index (χ1v) is 24.9. The predicted octanol–water partition coefficient (Wildman–Crippen LogP) is 7.76. The number of methoxy groups -OCH3 is 3. The fraction of sp³-hybridized carbons (Fsp3) is 0.808. The molecule has 14 atom stereocenters. The third-order valence-electron chi connectivity index (χ3n) is 14.7. The van der Waals surface area contributed by atoms with Gasteiger partial charge in [-0.15, -0.1) is 0 Å². The van der Waals surface area contributed by atoms with Gasteiger partial charge in [0.05, 0.1) is 30.5 Å². The molecule has 3 heterocycles.